The molecule has 0 amide bonds. The minimum atomic E-state index is -1.83. The maximum atomic E-state index is 15.6. The molecule has 2 bridgehead atoms. The molecule has 66 heavy (non-hydrogen) atoms. The number of rotatable bonds is 10. The molecule has 1 aromatic rings. The average Bonchev–Trinajstić information content (AvgIpc) is 3.78. The fourth-order valence-corrected chi connectivity index (χ4v) is 18.9. The highest BCUT2D eigenvalue weighted by molar-refractivity contribution is 5.96. The van der Waals surface area contributed by atoms with Crippen molar-refractivity contribution in [2.24, 2.45) is 63.1 Å². The molecule has 11 rings (SSSR count). The van der Waals surface area contributed by atoms with Crippen molar-refractivity contribution in [2.75, 3.05) is 26.3 Å². The summed E-state index contributed by atoms with van der Waals surface area (Å²) in [7, 11) is 0. The zero-order chi connectivity index (χ0) is 47.4. The first kappa shape index (κ1) is 47.3. The van der Waals surface area contributed by atoms with Gasteiger partial charge in [0, 0.05) is 67.8 Å². The number of carbonyl (C=O) groups is 1. The molecule has 12 heteroatoms. The van der Waals surface area contributed by atoms with Gasteiger partial charge < -0.3 is 56.0 Å². The van der Waals surface area contributed by atoms with Crippen LogP contribution in [0.1, 0.15) is 142 Å². The maximum absolute atomic E-state index is 15.6. The molecular weight excluding hydrogens is 839 g/mol. The van der Waals surface area contributed by atoms with Gasteiger partial charge in [0.15, 0.2) is 5.78 Å². The molecule has 0 radical (unpaired) electrons. The Bertz CT molecular complexity index is 2200. The second-order valence-corrected chi connectivity index (χ2v) is 24.4. The lowest BCUT2D eigenvalue weighted by atomic mass is 9.35. The van der Waals surface area contributed by atoms with Crippen LogP contribution in [-0.2, 0) is 16.0 Å². The number of fused-ring (bicyclic) bond motifs is 14. The van der Waals surface area contributed by atoms with E-state index in [1.54, 1.807) is 6.08 Å². The predicted octanol–water partition coefficient (Wildman–Crippen LogP) is 5.33. The quantitative estimate of drug-likeness (QED) is 0.106. The van der Waals surface area contributed by atoms with Gasteiger partial charge in [-0.05, 0) is 127 Å². The summed E-state index contributed by atoms with van der Waals surface area (Å²) in [6.45, 7) is 13.3. The second-order valence-electron chi connectivity index (χ2n) is 24.4. The highest BCUT2D eigenvalue weighted by Gasteiger charge is 2.85. The highest BCUT2D eigenvalue weighted by atomic mass is 16.6. The number of aliphatic hydroxyl groups is 7. The monoisotopic (exact) mass is 918 g/mol. The molecule has 10 aliphatic rings. The first-order valence-corrected chi connectivity index (χ1v) is 25.8. The Hall–Kier alpha value is -2.39. The van der Waals surface area contributed by atoms with Crippen LogP contribution in [0.3, 0.4) is 0 Å². The Balaban J connectivity index is 1.18. The number of ether oxygens (including phenoxy) is 1. The molecule has 0 aromatic heterocycles. The lowest BCUT2D eigenvalue weighted by Crippen LogP contribution is -2.73. The van der Waals surface area contributed by atoms with Crippen molar-refractivity contribution >= 4 is 5.78 Å². The number of benzene rings is 1. The molecule has 5 saturated carbocycles. The van der Waals surface area contributed by atoms with Crippen LogP contribution >= 0.6 is 0 Å². The number of hydrogen-bond acceptors (Lipinski definition) is 12. The smallest absolute Gasteiger partial charge is 0.160 e. The van der Waals surface area contributed by atoms with Gasteiger partial charge in [0.05, 0.1) is 29.5 Å². The SMILES string of the molecule is CCCCC[C@H]1C[C@H](CO)[C@@]2(C1)C[C@]1(C)[C@@H]3[C@H](C[C@@]1(O)C1=CC(=O)[C@@H]4[C@H]5c6cc(O)cc(O)c6CC[C@]5(O)[C@@H](O)C[C@]4(C)[C@H]12)O[C@]1([C@H]2CC[C@](C)(C=C2CNCC)[C@H](C)[C@@H]1O)[C@@]3(O)CCO. The Kier molecular flexibility index (Phi) is 11.1. The van der Waals surface area contributed by atoms with Crippen molar-refractivity contribution in [1.82, 2.24) is 5.32 Å². The van der Waals surface area contributed by atoms with Crippen molar-refractivity contribution in [1.29, 1.82) is 0 Å². The minimum absolute atomic E-state index is 0.0393. The number of phenols is 2. The molecule has 0 unspecified atom stereocenters. The number of phenolic OH excluding ortho intramolecular Hbond substituents is 2. The van der Waals surface area contributed by atoms with E-state index in [-0.39, 0.29) is 91.7 Å². The van der Waals surface area contributed by atoms with Crippen LogP contribution < -0.4 is 5.32 Å². The van der Waals surface area contributed by atoms with E-state index < -0.39 is 80.6 Å². The molecule has 1 aliphatic heterocycles. The first-order valence-electron chi connectivity index (χ1n) is 25.8. The number of aliphatic hydroxyl groups excluding tert-OH is 4. The summed E-state index contributed by atoms with van der Waals surface area (Å²) >= 11 is 0. The standard InChI is InChI=1S/C54H79NO11/c1-7-9-10-11-30-18-32(27-57)50(22-30)28-49(6)45-40(66-54(52(45,64)16-17-56)36-13-14-47(4,29(3)46(54)62)23-31(36)26-55-8-2)24-53(49,65)37-21-39(60)43-42-35-19-33(58)20-38(59)34(35)12-15-51(42,63)41(61)25-48(43,5)44(37)50/h19-21,23,29-30,32,36,40-46,55-59,61-65H,7-18,22,24-28H2,1-6H3/t29-,30+,32-,36+,40+,41+,42-,43-,44+,45+,46+,47-,48+,49-,50-,51+,52-,53-,54+/m1/s1. The van der Waals surface area contributed by atoms with Crippen LogP contribution in [-0.4, -0.2) is 119 Å². The topological polar surface area (TPSA) is 220 Å². The molecule has 1 heterocycles. The Morgan fingerprint density at radius 2 is 1.71 bits per heavy atom. The Labute approximate surface area is 390 Å². The zero-order valence-electron chi connectivity index (χ0n) is 40.2. The molecule has 2 spiro atoms. The third-order valence-corrected chi connectivity index (χ3v) is 21.5. The Morgan fingerprint density at radius 1 is 0.955 bits per heavy atom. The van der Waals surface area contributed by atoms with Crippen LogP contribution in [0, 0.1) is 63.1 Å². The largest absolute Gasteiger partial charge is 0.508 e. The third kappa shape index (κ3) is 5.80. The number of nitrogens with one attached hydrogen (secondary N) is 1. The predicted molar refractivity (Wildman–Crippen MR) is 247 cm³/mol. The van der Waals surface area contributed by atoms with Crippen LogP contribution in [0.15, 0.2) is 35.4 Å². The first-order chi connectivity index (χ1) is 31.1. The van der Waals surface area contributed by atoms with Crippen LogP contribution in [0.4, 0.5) is 0 Å². The third-order valence-electron chi connectivity index (χ3n) is 21.5. The van der Waals surface area contributed by atoms with E-state index in [4.69, 9.17) is 4.74 Å². The van der Waals surface area contributed by atoms with Gasteiger partial charge in [-0.25, -0.2) is 0 Å². The van der Waals surface area contributed by atoms with E-state index >= 15 is 4.79 Å². The summed E-state index contributed by atoms with van der Waals surface area (Å²) in [5.74, 6) is -4.59. The van der Waals surface area contributed by atoms with Gasteiger partial charge in [-0.3, -0.25) is 4.79 Å². The fraction of sp³-hybridized carbons (Fsp3) is 0.796. The van der Waals surface area contributed by atoms with E-state index in [1.165, 1.54) is 12.1 Å². The van der Waals surface area contributed by atoms with Gasteiger partial charge in [-0.15, -0.1) is 0 Å². The van der Waals surface area contributed by atoms with E-state index in [2.05, 4.69) is 32.2 Å². The lowest BCUT2D eigenvalue weighted by Gasteiger charge is -2.70. The van der Waals surface area contributed by atoms with Crippen molar-refractivity contribution in [3.05, 3.63) is 46.6 Å². The van der Waals surface area contributed by atoms with Crippen molar-refractivity contribution in [3.8, 4) is 11.5 Å². The number of carbonyl (C=O) groups excluding carboxylic acids is 1. The fourth-order valence-electron chi connectivity index (χ4n) is 18.9. The molecule has 1 aromatic carbocycles. The van der Waals surface area contributed by atoms with Crippen molar-refractivity contribution in [3.63, 3.8) is 0 Å². The van der Waals surface area contributed by atoms with E-state index in [1.807, 2.05) is 20.8 Å². The van der Waals surface area contributed by atoms with Gasteiger partial charge in [0.1, 0.15) is 22.7 Å². The highest BCUT2D eigenvalue weighted by Crippen LogP contribution is 2.81. The number of likely N-dealkylation sites (N-methyl/N-ethyl adjacent to an activating group) is 1. The number of allylic oxidation sites excluding steroid dienone is 2. The molecule has 19 atom stereocenters. The van der Waals surface area contributed by atoms with Crippen molar-refractivity contribution in [2.45, 2.75) is 178 Å². The summed E-state index contributed by atoms with van der Waals surface area (Å²) in [5.41, 5.74) is -7.59. The lowest BCUT2D eigenvalue weighted by molar-refractivity contribution is -0.257. The average molecular weight is 918 g/mol. The van der Waals surface area contributed by atoms with Gasteiger partial charge in [-0.1, -0.05) is 78.9 Å². The van der Waals surface area contributed by atoms with E-state index in [9.17, 15) is 46.0 Å². The van der Waals surface area contributed by atoms with Gasteiger partial charge >= 0.3 is 0 Å². The minimum Gasteiger partial charge on any atom is -0.508 e. The molecule has 9 aliphatic carbocycles. The second kappa shape index (κ2) is 15.6. The summed E-state index contributed by atoms with van der Waals surface area (Å²) in [4.78, 5) is 15.6. The summed E-state index contributed by atoms with van der Waals surface area (Å²) in [6, 6.07) is 2.80. The van der Waals surface area contributed by atoms with E-state index in [0.29, 0.717) is 42.5 Å². The molecular formula is C54H79NO11. The summed E-state index contributed by atoms with van der Waals surface area (Å²) < 4.78 is 7.52. The number of unbranched alkanes of at least 4 members (excludes halogenated alkanes) is 2. The summed E-state index contributed by atoms with van der Waals surface area (Å²) in [6.07, 6.45) is 8.48. The van der Waals surface area contributed by atoms with Gasteiger partial charge in [-0.2, -0.15) is 0 Å². The van der Waals surface area contributed by atoms with Crippen molar-refractivity contribution < 1.29 is 55.5 Å². The molecule has 1 saturated heterocycles. The number of aromatic hydroxyl groups is 2. The van der Waals surface area contributed by atoms with Gasteiger partial charge in [0.2, 0.25) is 0 Å². The molecule has 366 valence electrons. The van der Waals surface area contributed by atoms with E-state index in [0.717, 1.165) is 50.6 Å². The van der Waals surface area contributed by atoms with Crippen LogP contribution in [0.2, 0.25) is 0 Å². The molecule has 10 N–H and O–H groups in total. The number of hydrogen-bond donors (Lipinski definition) is 10. The summed E-state index contributed by atoms with van der Waals surface area (Å²) in [5, 5.41) is 115. The zero-order valence-corrected chi connectivity index (χ0v) is 40.2. The number of ketones is 1. The molecule has 12 nitrogen and oxygen atoms in total. The Morgan fingerprint density at radius 3 is 2.41 bits per heavy atom. The maximum Gasteiger partial charge on any atom is 0.160 e. The van der Waals surface area contributed by atoms with Crippen LogP contribution in [0.25, 0.3) is 0 Å². The normalized spacial score (nSPS) is 50.9. The van der Waals surface area contributed by atoms with Crippen LogP contribution in [0.5, 0.6) is 11.5 Å². The molecule has 6 fully saturated rings. The van der Waals surface area contributed by atoms with Gasteiger partial charge in [0.25, 0.3) is 0 Å².